The summed E-state index contributed by atoms with van der Waals surface area (Å²) < 4.78 is 0. The molecule has 0 amide bonds. The Bertz CT molecular complexity index is 458. The van der Waals surface area contributed by atoms with Crippen molar-refractivity contribution in [2.75, 3.05) is 0 Å². The summed E-state index contributed by atoms with van der Waals surface area (Å²) in [4.78, 5) is 4.34. The lowest BCUT2D eigenvalue weighted by atomic mass is 10.1. The van der Waals surface area contributed by atoms with Gasteiger partial charge in [-0.3, -0.25) is 4.98 Å². The van der Waals surface area contributed by atoms with Gasteiger partial charge in [-0.05, 0) is 24.1 Å². The third-order valence-electron chi connectivity index (χ3n) is 2.30. The zero-order valence-corrected chi connectivity index (χ0v) is 7.62. The average Bonchev–Trinajstić information content (AvgIpc) is 2.19. The predicted octanol–water partition coefficient (Wildman–Crippen LogP) is 3.19. The standard InChI is InChI=1S/C12H11N/c1-3-10-8-13-12-7-5-4-6-11(12)9(10)2/h3-8H,1H2,2H3. The van der Waals surface area contributed by atoms with Crippen molar-refractivity contribution in [3.63, 3.8) is 0 Å². The van der Waals surface area contributed by atoms with Gasteiger partial charge in [0.15, 0.2) is 0 Å². The van der Waals surface area contributed by atoms with Crippen LogP contribution in [0, 0.1) is 6.92 Å². The van der Waals surface area contributed by atoms with Crippen molar-refractivity contribution in [2.45, 2.75) is 6.92 Å². The van der Waals surface area contributed by atoms with Gasteiger partial charge < -0.3 is 0 Å². The van der Waals surface area contributed by atoms with Crippen LogP contribution in [0.4, 0.5) is 0 Å². The van der Waals surface area contributed by atoms with Gasteiger partial charge in [-0.15, -0.1) is 0 Å². The van der Waals surface area contributed by atoms with Gasteiger partial charge in [0, 0.05) is 11.6 Å². The lowest BCUT2D eigenvalue weighted by molar-refractivity contribution is 1.35. The summed E-state index contributed by atoms with van der Waals surface area (Å²) in [5.41, 5.74) is 3.41. The molecule has 1 heterocycles. The highest BCUT2D eigenvalue weighted by molar-refractivity contribution is 5.84. The molecule has 2 rings (SSSR count). The maximum atomic E-state index is 4.34. The largest absolute Gasteiger partial charge is 0.256 e. The Morgan fingerprint density at radius 2 is 2.08 bits per heavy atom. The average molecular weight is 169 g/mol. The van der Waals surface area contributed by atoms with Crippen molar-refractivity contribution in [3.05, 3.63) is 48.2 Å². The maximum Gasteiger partial charge on any atom is 0.0705 e. The molecule has 1 heteroatoms. The highest BCUT2D eigenvalue weighted by atomic mass is 14.6. The number of benzene rings is 1. The van der Waals surface area contributed by atoms with E-state index in [1.807, 2.05) is 30.5 Å². The van der Waals surface area contributed by atoms with Crippen LogP contribution in [0.15, 0.2) is 37.0 Å². The minimum Gasteiger partial charge on any atom is -0.256 e. The number of hydrogen-bond acceptors (Lipinski definition) is 1. The minimum absolute atomic E-state index is 1.05. The van der Waals surface area contributed by atoms with Gasteiger partial charge in [0.05, 0.1) is 5.52 Å². The van der Waals surface area contributed by atoms with Crippen LogP contribution >= 0.6 is 0 Å². The number of nitrogens with zero attached hydrogens (tertiary/aromatic N) is 1. The van der Waals surface area contributed by atoms with E-state index in [1.165, 1.54) is 10.9 Å². The zero-order chi connectivity index (χ0) is 9.26. The molecular weight excluding hydrogens is 158 g/mol. The molecule has 1 nitrogen and oxygen atoms in total. The smallest absolute Gasteiger partial charge is 0.0705 e. The molecular formula is C12H11N. The van der Waals surface area contributed by atoms with E-state index in [9.17, 15) is 0 Å². The molecule has 0 spiro atoms. The van der Waals surface area contributed by atoms with Crippen LogP contribution in [0.25, 0.3) is 17.0 Å². The minimum atomic E-state index is 1.05. The van der Waals surface area contributed by atoms with E-state index < -0.39 is 0 Å². The summed E-state index contributed by atoms with van der Waals surface area (Å²) >= 11 is 0. The van der Waals surface area contributed by atoms with E-state index in [0.717, 1.165) is 11.1 Å². The van der Waals surface area contributed by atoms with E-state index in [1.54, 1.807) is 0 Å². The summed E-state index contributed by atoms with van der Waals surface area (Å²) in [6.07, 6.45) is 3.71. The van der Waals surface area contributed by atoms with E-state index >= 15 is 0 Å². The second kappa shape index (κ2) is 3.02. The quantitative estimate of drug-likeness (QED) is 0.638. The first-order chi connectivity index (χ1) is 6.33. The topological polar surface area (TPSA) is 12.9 Å². The zero-order valence-electron chi connectivity index (χ0n) is 7.62. The molecule has 0 aliphatic heterocycles. The van der Waals surface area contributed by atoms with Gasteiger partial charge in [0.25, 0.3) is 0 Å². The number of rotatable bonds is 1. The highest BCUT2D eigenvalue weighted by Crippen LogP contribution is 2.19. The Hall–Kier alpha value is -1.63. The van der Waals surface area contributed by atoms with E-state index in [-0.39, 0.29) is 0 Å². The molecule has 0 saturated heterocycles. The van der Waals surface area contributed by atoms with Crippen molar-refractivity contribution < 1.29 is 0 Å². The van der Waals surface area contributed by atoms with Crippen LogP contribution < -0.4 is 0 Å². The Labute approximate surface area is 77.7 Å². The molecule has 0 atom stereocenters. The van der Waals surface area contributed by atoms with Crippen LogP contribution in [-0.4, -0.2) is 4.98 Å². The number of para-hydroxylation sites is 1. The number of aromatic nitrogens is 1. The molecule has 1 aromatic heterocycles. The Morgan fingerprint density at radius 1 is 1.31 bits per heavy atom. The fraction of sp³-hybridized carbons (Fsp3) is 0.0833. The normalized spacial score (nSPS) is 10.2. The molecule has 0 saturated carbocycles. The highest BCUT2D eigenvalue weighted by Gasteiger charge is 2.00. The van der Waals surface area contributed by atoms with Crippen molar-refractivity contribution in [1.29, 1.82) is 0 Å². The second-order valence-electron chi connectivity index (χ2n) is 3.06. The molecule has 0 aliphatic carbocycles. The Kier molecular flexibility index (Phi) is 1.85. The van der Waals surface area contributed by atoms with Crippen molar-refractivity contribution in [1.82, 2.24) is 4.98 Å². The number of hydrogen-bond donors (Lipinski definition) is 0. The SMILES string of the molecule is C=Cc1cnc2ccccc2c1C. The van der Waals surface area contributed by atoms with Crippen molar-refractivity contribution in [3.8, 4) is 0 Å². The third-order valence-corrected chi connectivity index (χ3v) is 2.30. The molecule has 0 fully saturated rings. The molecule has 0 unspecified atom stereocenters. The maximum absolute atomic E-state index is 4.34. The summed E-state index contributed by atoms with van der Waals surface area (Å²) in [5, 5.41) is 1.21. The number of aryl methyl sites for hydroxylation is 1. The van der Waals surface area contributed by atoms with Crippen LogP contribution in [0.3, 0.4) is 0 Å². The predicted molar refractivity (Wildman–Crippen MR) is 56.6 cm³/mol. The van der Waals surface area contributed by atoms with Gasteiger partial charge in [0.1, 0.15) is 0 Å². The first kappa shape index (κ1) is 7.99. The summed E-state index contributed by atoms with van der Waals surface area (Å²) in [5.74, 6) is 0. The lowest BCUT2D eigenvalue weighted by Crippen LogP contribution is -1.86. The Balaban J connectivity index is 2.86. The van der Waals surface area contributed by atoms with Crippen LogP contribution in [0.5, 0.6) is 0 Å². The van der Waals surface area contributed by atoms with Gasteiger partial charge in [-0.2, -0.15) is 0 Å². The first-order valence-corrected chi connectivity index (χ1v) is 4.29. The van der Waals surface area contributed by atoms with E-state index in [0.29, 0.717) is 0 Å². The Morgan fingerprint density at radius 3 is 2.85 bits per heavy atom. The van der Waals surface area contributed by atoms with Gasteiger partial charge >= 0.3 is 0 Å². The van der Waals surface area contributed by atoms with E-state index in [4.69, 9.17) is 0 Å². The molecule has 0 aliphatic rings. The fourth-order valence-corrected chi connectivity index (χ4v) is 1.50. The summed E-state index contributed by atoms with van der Waals surface area (Å²) in [7, 11) is 0. The number of fused-ring (bicyclic) bond motifs is 1. The summed E-state index contributed by atoms with van der Waals surface area (Å²) in [6, 6.07) is 8.14. The van der Waals surface area contributed by atoms with Crippen molar-refractivity contribution >= 4 is 17.0 Å². The monoisotopic (exact) mass is 169 g/mol. The first-order valence-electron chi connectivity index (χ1n) is 4.29. The third kappa shape index (κ3) is 1.22. The molecule has 0 bridgehead atoms. The van der Waals surface area contributed by atoms with Gasteiger partial charge in [-0.1, -0.05) is 30.9 Å². The molecule has 2 aromatic rings. The fourth-order valence-electron chi connectivity index (χ4n) is 1.50. The molecule has 13 heavy (non-hydrogen) atoms. The lowest BCUT2D eigenvalue weighted by Gasteiger charge is -2.03. The van der Waals surface area contributed by atoms with Gasteiger partial charge in [0.2, 0.25) is 0 Å². The van der Waals surface area contributed by atoms with Crippen LogP contribution in [0.2, 0.25) is 0 Å². The molecule has 0 N–H and O–H groups in total. The molecule has 0 radical (unpaired) electrons. The second-order valence-corrected chi connectivity index (χ2v) is 3.06. The molecule has 64 valence electrons. The van der Waals surface area contributed by atoms with E-state index in [2.05, 4.69) is 24.6 Å². The van der Waals surface area contributed by atoms with Crippen LogP contribution in [0.1, 0.15) is 11.1 Å². The number of pyridine rings is 1. The van der Waals surface area contributed by atoms with Gasteiger partial charge in [-0.25, -0.2) is 0 Å². The summed E-state index contributed by atoms with van der Waals surface area (Å²) in [6.45, 7) is 5.86. The molecule has 1 aromatic carbocycles. The van der Waals surface area contributed by atoms with Crippen molar-refractivity contribution in [2.24, 2.45) is 0 Å². The van der Waals surface area contributed by atoms with Crippen LogP contribution in [-0.2, 0) is 0 Å².